The van der Waals surface area contributed by atoms with Gasteiger partial charge in [0.1, 0.15) is 0 Å². The van der Waals surface area contributed by atoms with Crippen molar-refractivity contribution in [1.82, 2.24) is 9.62 Å². The van der Waals surface area contributed by atoms with E-state index in [9.17, 15) is 18.0 Å². The number of rotatable bonds is 5. The highest BCUT2D eigenvalue weighted by atomic mass is 32.2. The molecule has 2 aromatic rings. The lowest BCUT2D eigenvalue weighted by molar-refractivity contribution is 0.102. The topological polar surface area (TPSA) is 95.6 Å². The van der Waals surface area contributed by atoms with Crippen LogP contribution >= 0.6 is 11.8 Å². The highest BCUT2D eigenvalue weighted by molar-refractivity contribution is 8.13. The van der Waals surface area contributed by atoms with Gasteiger partial charge in [-0.3, -0.25) is 9.59 Å². The summed E-state index contributed by atoms with van der Waals surface area (Å²) >= 11 is 1.09. The van der Waals surface area contributed by atoms with Crippen molar-refractivity contribution in [3.63, 3.8) is 0 Å². The summed E-state index contributed by atoms with van der Waals surface area (Å²) < 4.78 is 27.8. The Morgan fingerprint density at radius 3 is 2.13 bits per heavy atom. The maximum Gasteiger partial charge on any atom is 0.285 e. The number of hydrogen-bond acceptors (Lipinski definition) is 5. The van der Waals surface area contributed by atoms with E-state index in [0.29, 0.717) is 11.3 Å². The van der Waals surface area contributed by atoms with Crippen LogP contribution in [0, 0.1) is 6.92 Å². The molecule has 0 fully saturated rings. The number of nitrogens with one attached hydrogen (secondary N) is 2. The van der Waals surface area contributed by atoms with Crippen LogP contribution in [0.2, 0.25) is 0 Å². The summed E-state index contributed by atoms with van der Waals surface area (Å²) in [6, 6.07) is 11.3. The number of carbonyl (C=O) groups is 2. The zero-order valence-electron chi connectivity index (χ0n) is 17.9. The molecule has 7 nitrogen and oxygen atoms in total. The minimum absolute atomic E-state index is 0.0297. The number of carbonyl (C=O) groups excluding carboxylic acids is 2. The van der Waals surface area contributed by atoms with Crippen LogP contribution in [0.4, 0.5) is 10.5 Å². The number of sulfonamides is 1. The molecule has 2 N–H and O–H groups in total. The predicted molar refractivity (Wildman–Crippen MR) is 121 cm³/mol. The maximum absolute atomic E-state index is 12.8. The van der Waals surface area contributed by atoms with Crippen LogP contribution in [0.5, 0.6) is 0 Å². The smallest absolute Gasteiger partial charge is 0.285 e. The van der Waals surface area contributed by atoms with E-state index in [0.717, 1.165) is 16.7 Å². The first-order chi connectivity index (χ1) is 13.8. The third-order valence-electron chi connectivity index (χ3n) is 3.89. The monoisotopic (exact) mass is 449 g/mol. The molecule has 0 aliphatic carbocycles. The van der Waals surface area contributed by atoms with Gasteiger partial charge in [0.05, 0.1) is 4.90 Å². The van der Waals surface area contributed by atoms with Crippen molar-refractivity contribution in [1.29, 1.82) is 0 Å². The van der Waals surface area contributed by atoms with Crippen LogP contribution in [-0.4, -0.2) is 44.1 Å². The first kappa shape index (κ1) is 23.9. The molecular formula is C21H27N3O4S2. The van der Waals surface area contributed by atoms with Crippen LogP contribution in [0.3, 0.4) is 0 Å². The Balaban J connectivity index is 2.20. The van der Waals surface area contributed by atoms with Crippen molar-refractivity contribution in [3.8, 4) is 0 Å². The van der Waals surface area contributed by atoms with Crippen LogP contribution in [0.15, 0.2) is 52.3 Å². The number of benzene rings is 2. The first-order valence-electron chi connectivity index (χ1n) is 9.24. The fourth-order valence-corrected chi connectivity index (χ4v) is 4.57. The summed E-state index contributed by atoms with van der Waals surface area (Å²) in [6.07, 6.45) is 0. The average molecular weight is 450 g/mol. The lowest BCUT2D eigenvalue weighted by Crippen LogP contribution is -2.40. The molecule has 2 aromatic carbocycles. The van der Waals surface area contributed by atoms with Gasteiger partial charge in [0, 0.05) is 35.8 Å². The van der Waals surface area contributed by atoms with Crippen LogP contribution in [0.25, 0.3) is 0 Å². The van der Waals surface area contributed by atoms with Gasteiger partial charge < -0.3 is 10.2 Å². The molecule has 2 rings (SSSR count). The summed E-state index contributed by atoms with van der Waals surface area (Å²) in [5, 5.41) is 2.68. The number of thioether (sulfide) groups is 1. The van der Waals surface area contributed by atoms with E-state index in [1.54, 1.807) is 72.1 Å². The van der Waals surface area contributed by atoms with E-state index in [4.69, 9.17) is 0 Å². The minimum atomic E-state index is -3.76. The fourth-order valence-electron chi connectivity index (χ4n) is 2.47. The third-order valence-corrected chi connectivity index (χ3v) is 6.69. The zero-order valence-corrected chi connectivity index (χ0v) is 19.6. The van der Waals surface area contributed by atoms with Gasteiger partial charge in [0.15, 0.2) is 0 Å². The second-order valence-electron chi connectivity index (χ2n) is 8.07. The number of aryl methyl sites for hydroxylation is 1. The Morgan fingerprint density at radius 2 is 1.60 bits per heavy atom. The molecule has 0 aliphatic heterocycles. The Bertz CT molecular complexity index is 1040. The van der Waals surface area contributed by atoms with Crippen LogP contribution in [-0.2, 0) is 10.0 Å². The molecule has 0 saturated heterocycles. The van der Waals surface area contributed by atoms with E-state index in [1.807, 2.05) is 0 Å². The van der Waals surface area contributed by atoms with Gasteiger partial charge in [-0.15, -0.1) is 0 Å². The Kier molecular flexibility index (Phi) is 7.33. The molecular weight excluding hydrogens is 422 g/mol. The zero-order chi connectivity index (χ0) is 22.7. The first-order valence-corrected chi connectivity index (χ1v) is 11.5. The summed E-state index contributed by atoms with van der Waals surface area (Å²) in [5.74, 6) is -0.412. The normalized spacial score (nSPS) is 11.8. The molecule has 0 heterocycles. The summed E-state index contributed by atoms with van der Waals surface area (Å²) in [6.45, 7) is 7.00. The lowest BCUT2D eigenvalue weighted by atomic mass is 10.1. The van der Waals surface area contributed by atoms with E-state index < -0.39 is 21.5 Å². The second-order valence-corrected chi connectivity index (χ2v) is 10.8. The second kappa shape index (κ2) is 9.20. The summed E-state index contributed by atoms with van der Waals surface area (Å²) in [7, 11) is -0.400. The average Bonchev–Trinajstić information content (AvgIpc) is 2.61. The van der Waals surface area contributed by atoms with Crippen molar-refractivity contribution < 1.29 is 18.0 Å². The van der Waals surface area contributed by atoms with Gasteiger partial charge in [-0.2, -0.15) is 0 Å². The third kappa shape index (κ3) is 6.58. The van der Waals surface area contributed by atoms with Crippen molar-refractivity contribution >= 4 is 38.6 Å². The molecule has 30 heavy (non-hydrogen) atoms. The van der Waals surface area contributed by atoms with E-state index >= 15 is 0 Å². The molecule has 0 bridgehead atoms. The van der Waals surface area contributed by atoms with Gasteiger partial charge in [-0.1, -0.05) is 6.07 Å². The van der Waals surface area contributed by atoms with Crippen molar-refractivity contribution in [2.75, 3.05) is 19.4 Å². The SMILES string of the molecule is Cc1ccc(S(=O)(=O)NC(C)(C)C)cc1C(=O)Nc1ccc(SC(=O)N(C)C)cc1. The minimum Gasteiger partial charge on any atom is -0.339 e. The number of nitrogens with zero attached hydrogens (tertiary/aromatic N) is 1. The largest absolute Gasteiger partial charge is 0.339 e. The van der Waals surface area contributed by atoms with Crippen molar-refractivity contribution in [2.45, 2.75) is 43.0 Å². The van der Waals surface area contributed by atoms with Gasteiger partial charge in [-0.05, 0) is 81.4 Å². The summed E-state index contributed by atoms with van der Waals surface area (Å²) in [5.41, 5.74) is 0.834. The fraction of sp³-hybridized carbons (Fsp3) is 0.333. The molecule has 162 valence electrons. The highest BCUT2D eigenvalue weighted by Gasteiger charge is 2.23. The van der Waals surface area contributed by atoms with Gasteiger partial charge in [0.2, 0.25) is 10.0 Å². The molecule has 2 amide bonds. The van der Waals surface area contributed by atoms with E-state index in [1.165, 1.54) is 17.0 Å². The molecule has 0 unspecified atom stereocenters. The van der Waals surface area contributed by atoms with Crippen molar-refractivity contribution in [3.05, 3.63) is 53.6 Å². The van der Waals surface area contributed by atoms with Crippen LogP contribution < -0.4 is 10.0 Å². The molecule has 0 aliphatic rings. The Labute approximate surface area is 182 Å². The molecule has 0 radical (unpaired) electrons. The van der Waals surface area contributed by atoms with Gasteiger partial charge in [-0.25, -0.2) is 13.1 Å². The van der Waals surface area contributed by atoms with Crippen molar-refractivity contribution in [2.24, 2.45) is 0 Å². The molecule has 9 heteroatoms. The standard InChI is InChI=1S/C21H27N3O4S2/c1-14-7-12-17(30(27,28)23-21(2,3)4)13-18(14)19(25)22-15-8-10-16(11-9-15)29-20(26)24(5)6/h7-13,23H,1-6H3,(H,22,25). The predicted octanol–water partition coefficient (Wildman–Crippen LogP) is 4.10. The summed E-state index contributed by atoms with van der Waals surface area (Å²) in [4.78, 5) is 26.8. The molecule has 0 atom stereocenters. The van der Waals surface area contributed by atoms with Gasteiger partial charge >= 0.3 is 0 Å². The number of hydrogen-bond donors (Lipinski definition) is 2. The van der Waals surface area contributed by atoms with Gasteiger partial charge in [0.25, 0.3) is 11.1 Å². The lowest BCUT2D eigenvalue weighted by Gasteiger charge is -2.20. The quantitative estimate of drug-likeness (QED) is 0.670. The number of amides is 2. The Morgan fingerprint density at radius 1 is 1.00 bits per heavy atom. The molecule has 0 saturated carbocycles. The van der Waals surface area contributed by atoms with E-state index in [-0.39, 0.29) is 15.7 Å². The van der Waals surface area contributed by atoms with E-state index in [2.05, 4.69) is 10.0 Å². The molecule has 0 aromatic heterocycles. The van der Waals surface area contributed by atoms with Crippen LogP contribution in [0.1, 0.15) is 36.7 Å². The molecule has 0 spiro atoms. The number of anilines is 1. The highest BCUT2D eigenvalue weighted by Crippen LogP contribution is 2.23. The maximum atomic E-state index is 12.8. The Hall–Kier alpha value is -2.36.